The number of hydrogen-bond acceptors (Lipinski definition) is 2. The fourth-order valence-corrected chi connectivity index (χ4v) is 3.48. The van der Waals surface area contributed by atoms with Crippen molar-refractivity contribution in [1.29, 1.82) is 0 Å². The molecule has 2 aromatic carbocycles. The standard InChI is InChI=1S/C21H22N2O/c1-13-6-4-5-7-17(13)20-18-12-16(15-8-9-15)10-11-19(18)23(3)21(24)14(2)22-20/h4-7,10-12,14-15H,8-9H2,1-3H3/t14-/m0/s1. The van der Waals surface area contributed by atoms with Crippen LogP contribution in [0.25, 0.3) is 0 Å². The lowest BCUT2D eigenvalue weighted by molar-refractivity contribution is -0.119. The van der Waals surface area contributed by atoms with E-state index in [-0.39, 0.29) is 11.9 Å². The van der Waals surface area contributed by atoms with Crippen molar-refractivity contribution >= 4 is 17.3 Å². The van der Waals surface area contributed by atoms with E-state index in [1.807, 2.05) is 26.1 Å². The Morgan fingerprint density at radius 2 is 1.83 bits per heavy atom. The van der Waals surface area contributed by atoms with Gasteiger partial charge < -0.3 is 4.90 Å². The zero-order chi connectivity index (χ0) is 16.8. The van der Waals surface area contributed by atoms with Gasteiger partial charge in [-0.3, -0.25) is 9.79 Å². The van der Waals surface area contributed by atoms with E-state index in [0.717, 1.165) is 22.5 Å². The van der Waals surface area contributed by atoms with Gasteiger partial charge in [-0.15, -0.1) is 0 Å². The predicted molar refractivity (Wildman–Crippen MR) is 98.1 cm³/mol. The van der Waals surface area contributed by atoms with Crippen molar-refractivity contribution in [3.8, 4) is 0 Å². The Morgan fingerprint density at radius 1 is 1.08 bits per heavy atom. The number of hydrogen-bond donors (Lipinski definition) is 0. The monoisotopic (exact) mass is 318 g/mol. The summed E-state index contributed by atoms with van der Waals surface area (Å²) >= 11 is 0. The Kier molecular flexibility index (Phi) is 3.52. The number of benzene rings is 2. The first-order valence-corrected chi connectivity index (χ1v) is 8.62. The maximum Gasteiger partial charge on any atom is 0.251 e. The van der Waals surface area contributed by atoms with E-state index in [1.165, 1.54) is 24.0 Å². The predicted octanol–water partition coefficient (Wildman–Crippen LogP) is 4.07. The molecule has 0 unspecified atom stereocenters. The van der Waals surface area contributed by atoms with Gasteiger partial charge in [0.2, 0.25) is 0 Å². The lowest BCUT2D eigenvalue weighted by atomic mass is 9.94. The summed E-state index contributed by atoms with van der Waals surface area (Å²) in [5.41, 5.74) is 6.63. The number of aliphatic imine (C=N–C) groups is 1. The number of likely N-dealkylation sites (N-methyl/N-ethyl adjacent to an activating group) is 1. The second-order valence-electron chi connectivity index (χ2n) is 6.92. The van der Waals surface area contributed by atoms with E-state index >= 15 is 0 Å². The summed E-state index contributed by atoms with van der Waals surface area (Å²) in [6, 6.07) is 14.4. The quantitative estimate of drug-likeness (QED) is 0.821. The second kappa shape index (κ2) is 5.59. The maximum absolute atomic E-state index is 12.6. The molecular formula is C21H22N2O. The van der Waals surface area contributed by atoms with Crippen LogP contribution in [0, 0.1) is 6.92 Å². The van der Waals surface area contributed by atoms with Crippen molar-refractivity contribution < 1.29 is 4.79 Å². The number of nitrogens with zero attached hydrogens (tertiary/aromatic N) is 2. The van der Waals surface area contributed by atoms with Crippen LogP contribution in [-0.2, 0) is 4.79 Å². The van der Waals surface area contributed by atoms with Crippen LogP contribution in [0.5, 0.6) is 0 Å². The Morgan fingerprint density at radius 3 is 2.54 bits per heavy atom. The summed E-state index contributed by atoms with van der Waals surface area (Å²) in [5.74, 6) is 0.717. The largest absolute Gasteiger partial charge is 0.313 e. The van der Waals surface area contributed by atoms with Crippen molar-refractivity contribution in [2.45, 2.75) is 38.6 Å². The number of carbonyl (C=O) groups is 1. The van der Waals surface area contributed by atoms with E-state index < -0.39 is 0 Å². The minimum absolute atomic E-state index is 0.0407. The van der Waals surface area contributed by atoms with Crippen molar-refractivity contribution in [3.05, 3.63) is 64.7 Å². The molecular weight excluding hydrogens is 296 g/mol. The van der Waals surface area contributed by atoms with Crippen molar-refractivity contribution in [1.82, 2.24) is 0 Å². The number of amides is 1. The molecule has 3 nitrogen and oxygen atoms in total. The third-order valence-electron chi connectivity index (χ3n) is 5.10. The Balaban J connectivity index is 1.96. The summed E-state index contributed by atoms with van der Waals surface area (Å²) in [7, 11) is 1.85. The van der Waals surface area contributed by atoms with Gasteiger partial charge in [0, 0.05) is 18.2 Å². The highest BCUT2D eigenvalue weighted by Gasteiger charge is 2.30. The number of rotatable bonds is 2. The maximum atomic E-state index is 12.6. The zero-order valence-corrected chi connectivity index (χ0v) is 14.4. The highest BCUT2D eigenvalue weighted by molar-refractivity contribution is 6.20. The number of anilines is 1. The number of benzodiazepines with no additional fused rings is 1. The topological polar surface area (TPSA) is 32.7 Å². The normalized spacial score (nSPS) is 20.5. The minimum atomic E-state index is -0.374. The average Bonchev–Trinajstić information content (AvgIpc) is 3.43. The van der Waals surface area contributed by atoms with Gasteiger partial charge in [-0.1, -0.05) is 30.3 Å². The summed E-state index contributed by atoms with van der Waals surface area (Å²) in [5, 5.41) is 0. The molecule has 122 valence electrons. The Labute approximate surface area is 143 Å². The number of carbonyl (C=O) groups excluding carboxylic acids is 1. The fourth-order valence-electron chi connectivity index (χ4n) is 3.48. The molecule has 0 radical (unpaired) electrons. The highest BCUT2D eigenvalue weighted by atomic mass is 16.2. The summed E-state index contributed by atoms with van der Waals surface area (Å²) in [6.07, 6.45) is 2.53. The van der Waals surface area contributed by atoms with Crippen LogP contribution < -0.4 is 4.90 Å². The third-order valence-corrected chi connectivity index (χ3v) is 5.10. The molecule has 2 aromatic rings. The van der Waals surface area contributed by atoms with E-state index in [0.29, 0.717) is 5.92 Å². The van der Waals surface area contributed by atoms with Crippen LogP contribution in [0.3, 0.4) is 0 Å². The van der Waals surface area contributed by atoms with E-state index in [4.69, 9.17) is 4.99 Å². The first-order valence-electron chi connectivity index (χ1n) is 8.62. The van der Waals surface area contributed by atoms with Crippen molar-refractivity contribution in [2.24, 2.45) is 4.99 Å². The zero-order valence-electron chi connectivity index (χ0n) is 14.4. The van der Waals surface area contributed by atoms with Crippen LogP contribution in [0.4, 0.5) is 5.69 Å². The van der Waals surface area contributed by atoms with Crippen molar-refractivity contribution in [2.75, 3.05) is 11.9 Å². The van der Waals surface area contributed by atoms with E-state index in [2.05, 4.69) is 37.3 Å². The van der Waals surface area contributed by atoms with E-state index in [9.17, 15) is 4.79 Å². The van der Waals surface area contributed by atoms with Gasteiger partial charge in [0.15, 0.2) is 0 Å². The highest BCUT2D eigenvalue weighted by Crippen LogP contribution is 2.42. The molecule has 4 rings (SSSR count). The first kappa shape index (κ1) is 15.1. The fraction of sp³-hybridized carbons (Fsp3) is 0.333. The molecule has 1 fully saturated rings. The van der Waals surface area contributed by atoms with Gasteiger partial charge in [0.05, 0.1) is 11.4 Å². The SMILES string of the molecule is Cc1ccccc1C1=N[C@@H](C)C(=O)N(C)c2ccc(C3CC3)cc21. The molecule has 3 heteroatoms. The van der Waals surface area contributed by atoms with Crippen LogP contribution in [0.1, 0.15) is 47.9 Å². The third kappa shape index (κ3) is 2.44. The minimum Gasteiger partial charge on any atom is -0.313 e. The first-order chi connectivity index (χ1) is 11.6. The van der Waals surface area contributed by atoms with E-state index in [1.54, 1.807) is 4.90 Å². The molecule has 1 amide bonds. The van der Waals surface area contributed by atoms with Crippen molar-refractivity contribution in [3.63, 3.8) is 0 Å². The van der Waals surface area contributed by atoms with Crippen LogP contribution >= 0.6 is 0 Å². The van der Waals surface area contributed by atoms with Gasteiger partial charge in [-0.25, -0.2) is 0 Å². The molecule has 1 saturated carbocycles. The van der Waals surface area contributed by atoms with Gasteiger partial charge >= 0.3 is 0 Å². The molecule has 1 aliphatic carbocycles. The number of aryl methyl sites for hydroxylation is 1. The van der Waals surface area contributed by atoms with Gasteiger partial charge in [-0.2, -0.15) is 0 Å². The lowest BCUT2D eigenvalue weighted by Crippen LogP contribution is -2.32. The molecule has 0 saturated heterocycles. The van der Waals surface area contributed by atoms with Gasteiger partial charge in [0.25, 0.3) is 5.91 Å². The molecule has 0 aromatic heterocycles. The molecule has 0 bridgehead atoms. The average molecular weight is 318 g/mol. The molecule has 1 atom stereocenters. The molecule has 2 aliphatic rings. The van der Waals surface area contributed by atoms with Gasteiger partial charge in [0.1, 0.15) is 6.04 Å². The lowest BCUT2D eigenvalue weighted by Gasteiger charge is -2.20. The Hall–Kier alpha value is -2.42. The van der Waals surface area contributed by atoms with Crippen LogP contribution in [-0.4, -0.2) is 24.7 Å². The smallest absolute Gasteiger partial charge is 0.251 e. The van der Waals surface area contributed by atoms with Gasteiger partial charge in [-0.05, 0) is 55.9 Å². The molecule has 1 aliphatic heterocycles. The molecule has 0 N–H and O–H groups in total. The summed E-state index contributed by atoms with van der Waals surface area (Å²) < 4.78 is 0. The number of fused-ring (bicyclic) bond motifs is 1. The molecule has 1 heterocycles. The second-order valence-corrected chi connectivity index (χ2v) is 6.92. The van der Waals surface area contributed by atoms with Crippen LogP contribution in [0.15, 0.2) is 47.5 Å². The van der Waals surface area contributed by atoms with Crippen LogP contribution in [0.2, 0.25) is 0 Å². The Bertz CT molecular complexity index is 849. The summed E-state index contributed by atoms with van der Waals surface area (Å²) in [6.45, 7) is 3.98. The molecule has 24 heavy (non-hydrogen) atoms. The summed E-state index contributed by atoms with van der Waals surface area (Å²) in [4.78, 5) is 19.2. The molecule has 0 spiro atoms.